The van der Waals surface area contributed by atoms with Gasteiger partial charge in [0.2, 0.25) is 5.91 Å². The maximum Gasteiger partial charge on any atom is 0.301 e. The highest BCUT2D eigenvalue weighted by Gasteiger charge is 2.15. The molecule has 1 heterocycles. The fourth-order valence-electron chi connectivity index (χ4n) is 0.985. The Balaban J connectivity index is 2.41. The summed E-state index contributed by atoms with van der Waals surface area (Å²) in [5.74, 6) is -0.325. The van der Waals surface area contributed by atoms with Crippen LogP contribution in [0.3, 0.4) is 0 Å². The predicted octanol–water partition coefficient (Wildman–Crippen LogP) is 0.285. The van der Waals surface area contributed by atoms with Gasteiger partial charge >= 0.3 is 6.01 Å². The van der Waals surface area contributed by atoms with Crippen LogP contribution in [0.5, 0.6) is 0 Å². The molecule has 3 N–H and O–H groups in total. The standard InChI is InChI=1S/C9H15N3O3/c1-6-5-15-9(11-6)12-8(13)7(10)3-4-14-2/h5,7H,3-4,10H2,1-2H3,(H,11,12,13). The van der Waals surface area contributed by atoms with Crippen molar-refractivity contribution in [1.29, 1.82) is 0 Å². The van der Waals surface area contributed by atoms with E-state index in [1.54, 1.807) is 14.0 Å². The summed E-state index contributed by atoms with van der Waals surface area (Å²) in [7, 11) is 1.56. The van der Waals surface area contributed by atoms with Gasteiger partial charge in [-0.25, -0.2) is 0 Å². The van der Waals surface area contributed by atoms with E-state index in [-0.39, 0.29) is 11.9 Å². The van der Waals surface area contributed by atoms with Gasteiger partial charge in [-0.1, -0.05) is 0 Å². The average Bonchev–Trinajstić information content (AvgIpc) is 2.60. The number of carbonyl (C=O) groups excluding carboxylic acids is 1. The molecule has 0 bridgehead atoms. The van der Waals surface area contributed by atoms with Crippen molar-refractivity contribution >= 4 is 11.9 Å². The fourth-order valence-corrected chi connectivity index (χ4v) is 0.985. The SMILES string of the molecule is COCCC(N)C(=O)Nc1nc(C)co1. The van der Waals surface area contributed by atoms with Crippen LogP contribution < -0.4 is 11.1 Å². The predicted molar refractivity (Wildman–Crippen MR) is 54.3 cm³/mol. The molecule has 0 fully saturated rings. The molecule has 0 aliphatic rings. The number of methoxy groups -OCH3 is 1. The van der Waals surface area contributed by atoms with E-state index in [9.17, 15) is 4.79 Å². The van der Waals surface area contributed by atoms with E-state index in [4.69, 9.17) is 14.9 Å². The lowest BCUT2D eigenvalue weighted by Crippen LogP contribution is -2.36. The molecule has 1 aromatic heterocycles. The first kappa shape index (κ1) is 11.7. The van der Waals surface area contributed by atoms with E-state index in [0.29, 0.717) is 18.7 Å². The van der Waals surface area contributed by atoms with E-state index in [2.05, 4.69) is 10.3 Å². The number of nitrogens with two attached hydrogens (primary N) is 1. The van der Waals surface area contributed by atoms with E-state index >= 15 is 0 Å². The Bertz CT molecular complexity index is 324. The maximum absolute atomic E-state index is 11.4. The van der Waals surface area contributed by atoms with Gasteiger partial charge in [0, 0.05) is 13.7 Å². The third-order valence-electron chi connectivity index (χ3n) is 1.82. The Labute approximate surface area is 87.8 Å². The van der Waals surface area contributed by atoms with Crippen molar-refractivity contribution in [2.45, 2.75) is 19.4 Å². The monoisotopic (exact) mass is 213 g/mol. The number of aryl methyl sites for hydroxylation is 1. The Morgan fingerprint density at radius 3 is 3.07 bits per heavy atom. The summed E-state index contributed by atoms with van der Waals surface area (Å²) in [6.45, 7) is 2.21. The number of nitrogens with one attached hydrogen (secondary N) is 1. The molecule has 1 atom stereocenters. The van der Waals surface area contributed by atoms with Crippen LogP contribution in [0.1, 0.15) is 12.1 Å². The van der Waals surface area contributed by atoms with Crippen LogP contribution in [0.2, 0.25) is 0 Å². The molecule has 1 rings (SSSR count). The molecular formula is C9H15N3O3. The smallest absolute Gasteiger partial charge is 0.301 e. The van der Waals surface area contributed by atoms with Gasteiger partial charge in [0.05, 0.1) is 11.7 Å². The lowest BCUT2D eigenvalue weighted by Gasteiger charge is -2.08. The largest absolute Gasteiger partial charge is 0.432 e. The average molecular weight is 213 g/mol. The number of hydrogen-bond acceptors (Lipinski definition) is 5. The van der Waals surface area contributed by atoms with Crippen molar-refractivity contribution in [3.8, 4) is 0 Å². The molecule has 1 amide bonds. The van der Waals surface area contributed by atoms with Gasteiger partial charge in [-0.2, -0.15) is 4.98 Å². The van der Waals surface area contributed by atoms with Crippen LogP contribution in [0, 0.1) is 6.92 Å². The van der Waals surface area contributed by atoms with Crippen molar-refractivity contribution in [2.75, 3.05) is 19.0 Å². The highest BCUT2D eigenvalue weighted by Crippen LogP contribution is 2.06. The van der Waals surface area contributed by atoms with E-state index in [1.165, 1.54) is 6.26 Å². The summed E-state index contributed by atoms with van der Waals surface area (Å²) in [6, 6.07) is -0.442. The first-order valence-electron chi connectivity index (χ1n) is 4.61. The van der Waals surface area contributed by atoms with Crippen molar-refractivity contribution in [1.82, 2.24) is 4.98 Å². The Kier molecular flexibility index (Phi) is 4.26. The van der Waals surface area contributed by atoms with Gasteiger partial charge in [-0.3, -0.25) is 10.1 Å². The number of oxazole rings is 1. The molecule has 6 heteroatoms. The summed E-state index contributed by atoms with van der Waals surface area (Å²) < 4.78 is 9.78. The first-order valence-corrected chi connectivity index (χ1v) is 4.61. The number of ether oxygens (including phenoxy) is 1. The highest BCUT2D eigenvalue weighted by atomic mass is 16.5. The normalized spacial score (nSPS) is 12.5. The quantitative estimate of drug-likeness (QED) is 0.733. The number of rotatable bonds is 5. The third-order valence-corrected chi connectivity index (χ3v) is 1.82. The highest BCUT2D eigenvalue weighted by molar-refractivity contribution is 5.92. The lowest BCUT2D eigenvalue weighted by atomic mass is 10.2. The minimum absolute atomic E-state index is 0.172. The third kappa shape index (κ3) is 3.69. The molecule has 0 saturated carbocycles. The summed E-state index contributed by atoms with van der Waals surface area (Å²) in [6.07, 6.45) is 1.91. The molecule has 0 radical (unpaired) electrons. The molecule has 0 aliphatic heterocycles. The zero-order valence-corrected chi connectivity index (χ0v) is 8.82. The number of hydrogen-bond donors (Lipinski definition) is 2. The van der Waals surface area contributed by atoms with Gasteiger partial charge in [0.25, 0.3) is 0 Å². The van der Waals surface area contributed by atoms with Crippen LogP contribution >= 0.6 is 0 Å². The Morgan fingerprint density at radius 1 is 1.80 bits per heavy atom. The molecule has 6 nitrogen and oxygen atoms in total. The lowest BCUT2D eigenvalue weighted by molar-refractivity contribution is -0.117. The van der Waals surface area contributed by atoms with E-state index in [1.807, 2.05) is 0 Å². The van der Waals surface area contributed by atoms with Gasteiger partial charge in [0.15, 0.2) is 0 Å². The fraction of sp³-hybridized carbons (Fsp3) is 0.556. The van der Waals surface area contributed by atoms with Crippen molar-refractivity contribution in [3.63, 3.8) is 0 Å². The summed E-state index contributed by atoms with van der Waals surface area (Å²) in [4.78, 5) is 15.4. The Hall–Kier alpha value is -1.40. The number of amides is 1. The zero-order valence-electron chi connectivity index (χ0n) is 8.82. The number of nitrogens with zero attached hydrogens (tertiary/aromatic N) is 1. The molecule has 0 aromatic carbocycles. The first-order chi connectivity index (χ1) is 7.13. The van der Waals surface area contributed by atoms with Crippen molar-refractivity contribution in [2.24, 2.45) is 5.73 Å². The summed E-state index contributed by atoms with van der Waals surface area (Å²) >= 11 is 0. The van der Waals surface area contributed by atoms with Gasteiger partial charge < -0.3 is 14.9 Å². The van der Waals surface area contributed by atoms with Crippen LogP contribution in [-0.4, -0.2) is 30.6 Å². The van der Waals surface area contributed by atoms with Crippen molar-refractivity contribution in [3.05, 3.63) is 12.0 Å². The Morgan fingerprint density at radius 2 is 2.53 bits per heavy atom. The molecule has 0 saturated heterocycles. The minimum atomic E-state index is -0.614. The van der Waals surface area contributed by atoms with Gasteiger partial charge in [0.1, 0.15) is 6.26 Å². The van der Waals surface area contributed by atoms with Crippen LogP contribution in [0.15, 0.2) is 10.7 Å². The topological polar surface area (TPSA) is 90.4 Å². The van der Waals surface area contributed by atoms with Crippen molar-refractivity contribution < 1.29 is 13.9 Å². The molecule has 0 aliphatic carbocycles. The summed E-state index contributed by atoms with van der Waals surface area (Å²) in [5.41, 5.74) is 6.30. The molecule has 84 valence electrons. The maximum atomic E-state index is 11.4. The van der Waals surface area contributed by atoms with Crippen LogP contribution in [0.25, 0.3) is 0 Å². The second kappa shape index (κ2) is 5.47. The molecule has 1 unspecified atom stereocenters. The molecule has 1 aromatic rings. The second-order valence-corrected chi connectivity index (χ2v) is 3.17. The minimum Gasteiger partial charge on any atom is -0.432 e. The number of anilines is 1. The number of carbonyl (C=O) groups is 1. The van der Waals surface area contributed by atoms with Crippen LogP contribution in [0.4, 0.5) is 6.01 Å². The molecular weight excluding hydrogens is 198 g/mol. The second-order valence-electron chi connectivity index (χ2n) is 3.17. The summed E-state index contributed by atoms with van der Waals surface area (Å²) in [5, 5.41) is 2.47. The van der Waals surface area contributed by atoms with E-state index in [0.717, 1.165) is 0 Å². The van der Waals surface area contributed by atoms with E-state index < -0.39 is 6.04 Å². The number of aromatic nitrogens is 1. The molecule has 0 spiro atoms. The van der Waals surface area contributed by atoms with Gasteiger partial charge in [-0.05, 0) is 13.3 Å². The van der Waals surface area contributed by atoms with Crippen LogP contribution in [-0.2, 0) is 9.53 Å². The zero-order chi connectivity index (χ0) is 11.3. The van der Waals surface area contributed by atoms with Gasteiger partial charge in [-0.15, -0.1) is 0 Å². The molecule has 15 heavy (non-hydrogen) atoms.